The second-order valence-corrected chi connectivity index (χ2v) is 6.79. The number of fused-ring (bicyclic) bond motifs is 2. The van der Waals surface area contributed by atoms with E-state index in [0.29, 0.717) is 11.6 Å². The minimum absolute atomic E-state index is 0.149. The summed E-state index contributed by atoms with van der Waals surface area (Å²) < 4.78 is 5.27. The summed E-state index contributed by atoms with van der Waals surface area (Å²) in [5.41, 5.74) is 5.13. The highest BCUT2D eigenvalue weighted by Crippen LogP contribution is 2.51. The van der Waals surface area contributed by atoms with E-state index in [9.17, 15) is 10.2 Å². The Morgan fingerprint density at radius 2 is 2.08 bits per heavy atom. The van der Waals surface area contributed by atoms with E-state index in [1.54, 1.807) is 19.2 Å². The summed E-state index contributed by atoms with van der Waals surface area (Å²) in [4.78, 5) is 2.40. The van der Waals surface area contributed by atoms with Gasteiger partial charge in [0.15, 0.2) is 11.5 Å². The maximum absolute atomic E-state index is 10.7. The third-order valence-corrected chi connectivity index (χ3v) is 5.36. The number of methoxy groups -OCH3 is 1. The van der Waals surface area contributed by atoms with Crippen LogP contribution in [0.25, 0.3) is 11.1 Å². The predicted octanol–water partition coefficient (Wildman–Crippen LogP) is 3.47. The fraction of sp³-hybridized carbons (Fsp3) is 0.368. The van der Waals surface area contributed by atoms with Crippen molar-refractivity contribution in [2.45, 2.75) is 18.9 Å². The van der Waals surface area contributed by atoms with Gasteiger partial charge in [0.2, 0.25) is 0 Å². The van der Waals surface area contributed by atoms with Gasteiger partial charge in [-0.05, 0) is 53.3 Å². The Labute approximate surface area is 146 Å². The van der Waals surface area contributed by atoms with E-state index >= 15 is 0 Å². The van der Waals surface area contributed by atoms with Crippen molar-refractivity contribution in [3.63, 3.8) is 0 Å². The van der Waals surface area contributed by atoms with Gasteiger partial charge in [-0.3, -0.25) is 4.90 Å². The first-order valence-electron chi connectivity index (χ1n) is 8.19. The van der Waals surface area contributed by atoms with Crippen LogP contribution in [0.4, 0.5) is 0 Å². The van der Waals surface area contributed by atoms with Crippen LogP contribution >= 0.6 is 11.6 Å². The first-order chi connectivity index (χ1) is 11.6. The Morgan fingerprint density at radius 1 is 1.25 bits per heavy atom. The topological polar surface area (TPSA) is 52.9 Å². The van der Waals surface area contributed by atoms with E-state index in [2.05, 4.69) is 4.90 Å². The maximum Gasteiger partial charge on any atom is 0.165 e. The summed E-state index contributed by atoms with van der Waals surface area (Å²) in [6.07, 6.45) is 1.71. The molecule has 4 nitrogen and oxygen atoms in total. The van der Waals surface area contributed by atoms with Crippen LogP contribution in [0, 0.1) is 0 Å². The van der Waals surface area contributed by atoms with Crippen molar-refractivity contribution in [1.29, 1.82) is 0 Å². The molecule has 0 amide bonds. The van der Waals surface area contributed by atoms with E-state index in [1.807, 2.05) is 12.1 Å². The summed E-state index contributed by atoms with van der Waals surface area (Å²) in [5, 5.41) is 20.8. The van der Waals surface area contributed by atoms with Crippen LogP contribution in [0.1, 0.15) is 22.7 Å². The molecule has 0 saturated carbocycles. The van der Waals surface area contributed by atoms with Crippen molar-refractivity contribution >= 4 is 11.6 Å². The standard InChI is InChI=1S/C19H20ClNO3/c1-24-16-3-2-11-9-15-17-12(4-6-21(15)7-5-20)8-13(22)10-14(17)18(11)19(16)23/h2-3,8,10,15,22-23H,4-7,9H2,1H3. The summed E-state index contributed by atoms with van der Waals surface area (Å²) in [6.45, 7) is 1.77. The van der Waals surface area contributed by atoms with E-state index in [0.717, 1.165) is 48.2 Å². The zero-order valence-electron chi connectivity index (χ0n) is 13.6. The minimum atomic E-state index is 0.149. The van der Waals surface area contributed by atoms with Crippen molar-refractivity contribution in [3.05, 3.63) is 41.0 Å². The molecule has 0 spiro atoms. The molecule has 2 aromatic rings. The second kappa shape index (κ2) is 5.87. The van der Waals surface area contributed by atoms with Crippen molar-refractivity contribution in [2.24, 2.45) is 0 Å². The molecule has 2 N–H and O–H groups in total. The summed E-state index contributed by atoms with van der Waals surface area (Å²) in [6, 6.07) is 7.66. The smallest absolute Gasteiger partial charge is 0.165 e. The van der Waals surface area contributed by atoms with Crippen LogP contribution in [0.2, 0.25) is 0 Å². The molecular formula is C19H20ClNO3. The van der Waals surface area contributed by atoms with Crippen LogP contribution in [0.5, 0.6) is 17.2 Å². The van der Waals surface area contributed by atoms with Crippen LogP contribution in [-0.4, -0.2) is 41.2 Å². The normalized spacial score (nSPS) is 18.8. The first kappa shape index (κ1) is 15.6. The number of hydrogen-bond acceptors (Lipinski definition) is 4. The molecule has 0 aromatic heterocycles. The molecule has 0 fully saturated rings. The molecule has 0 radical (unpaired) electrons. The summed E-state index contributed by atoms with van der Waals surface area (Å²) in [5.74, 6) is 1.44. The SMILES string of the molecule is COc1ccc2c(c1O)-c1cc(O)cc3c1C(C2)N(CCCl)CC3. The highest BCUT2D eigenvalue weighted by Gasteiger charge is 2.36. The molecule has 0 bridgehead atoms. The zero-order chi connectivity index (χ0) is 16.8. The molecule has 126 valence electrons. The van der Waals surface area contributed by atoms with Crippen LogP contribution in [-0.2, 0) is 12.8 Å². The van der Waals surface area contributed by atoms with Gasteiger partial charge in [0.05, 0.1) is 7.11 Å². The quantitative estimate of drug-likeness (QED) is 0.836. The molecule has 24 heavy (non-hydrogen) atoms. The maximum atomic E-state index is 10.7. The third-order valence-electron chi connectivity index (χ3n) is 5.19. The van der Waals surface area contributed by atoms with E-state index < -0.39 is 0 Å². The number of benzene rings is 2. The minimum Gasteiger partial charge on any atom is -0.508 e. The van der Waals surface area contributed by atoms with Crippen molar-refractivity contribution in [2.75, 3.05) is 26.1 Å². The Kier molecular flexibility index (Phi) is 3.82. The number of hydrogen-bond donors (Lipinski definition) is 2. The molecule has 5 heteroatoms. The first-order valence-corrected chi connectivity index (χ1v) is 8.72. The van der Waals surface area contributed by atoms with Crippen LogP contribution < -0.4 is 4.74 Å². The number of rotatable bonds is 3. The molecule has 1 unspecified atom stereocenters. The molecule has 0 saturated heterocycles. The van der Waals surface area contributed by atoms with Crippen molar-refractivity contribution < 1.29 is 14.9 Å². The Bertz CT molecular complexity index is 806. The van der Waals surface area contributed by atoms with E-state index in [1.165, 1.54) is 5.56 Å². The lowest BCUT2D eigenvalue weighted by atomic mass is 9.76. The average Bonchev–Trinajstić information content (AvgIpc) is 2.57. The van der Waals surface area contributed by atoms with Gasteiger partial charge in [-0.2, -0.15) is 0 Å². The Morgan fingerprint density at radius 3 is 2.83 bits per heavy atom. The Balaban J connectivity index is 1.96. The third kappa shape index (κ3) is 2.25. The number of alkyl halides is 1. The van der Waals surface area contributed by atoms with Gasteiger partial charge < -0.3 is 14.9 Å². The average molecular weight is 346 g/mol. The summed E-state index contributed by atoms with van der Waals surface area (Å²) >= 11 is 5.99. The van der Waals surface area contributed by atoms with Crippen LogP contribution in [0.3, 0.4) is 0 Å². The fourth-order valence-electron chi connectivity index (χ4n) is 4.17. The van der Waals surface area contributed by atoms with Crippen molar-refractivity contribution in [1.82, 2.24) is 4.90 Å². The van der Waals surface area contributed by atoms with Gasteiger partial charge in [-0.15, -0.1) is 11.6 Å². The zero-order valence-corrected chi connectivity index (χ0v) is 14.3. The molecule has 2 aromatic carbocycles. The monoisotopic (exact) mass is 345 g/mol. The molecule has 1 atom stereocenters. The van der Waals surface area contributed by atoms with E-state index in [-0.39, 0.29) is 17.5 Å². The van der Waals surface area contributed by atoms with Crippen molar-refractivity contribution in [3.8, 4) is 28.4 Å². The van der Waals surface area contributed by atoms with Gasteiger partial charge in [-0.25, -0.2) is 0 Å². The predicted molar refractivity (Wildman–Crippen MR) is 94.2 cm³/mol. The van der Waals surface area contributed by atoms with E-state index in [4.69, 9.17) is 16.3 Å². The second-order valence-electron chi connectivity index (χ2n) is 6.41. The van der Waals surface area contributed by atoms with Gasteiger partial charge in [0, 0.05) is 30.6 Å². The number of aromatic hydroxyl groups is 2. The number of phenolic OH excluding ortho intramolecular Hbond substituents is 2. The molecule has 1 heterocycles. The highest BCUT2D eigenvalue weighted by atomic mass is 35.5. The van der Waals surface area contributed by atoms with Gasteiger partial charge in [-0.1, -0.05) is 6.07 Å². The number of nitrogens with zero attached hydrogens (tertiary/aromatic N) is 1. The van der Waals surface area contributed by atoms with Gasteiger partial charge in [0.1, 0.15) is 5.75 Å². The fourth-order valence-corrected chi connectivity index (χ4v) is 4.39. The molecule has 1 aliphatic carbocycles. The molecular weight excluding hydrogens is 326 g/mol. The molecule has 1 aliphatic heterocycles. The van der Waals surface area contributed by atoms with Gasteiger partial charge in [0.25, 0.3) is 0 Å². The van der Waals surface area contributed by atoms with Gasteiger partial charge >= 0.3 is 0 Å². The largest absolute Gasteiger partial charge is 0.508 e. The number of ether oxygens (including phenoxy) is 1. The number of phenols is 2. The Hall–Kier alpha value is -1.91. The number of halogens is 1. The molecule has 4 rings (SSSR count). The summed E-state index contributed by atoms with van der Waals surface area (Å²) in [7, 11) is 1.55. The lowest BCUT2D eigenvalue weighted by Gasteiger charge is -2.41. The lowest BCUT2D eigenvalue weighted by Crippen LogP contribution is -2.39. The highest BCUT2D eigenvalue weighted by molar-refractivity contribution is 6.18. The molecule has 2 aliphatic rings. The lowest BCUT2D eigenvalue weighted by molar-refractivity contribution is 0.193. The van der Waals surface area contributed by atoms with Crippen LogP contribution in [0.15, 0.2) is 24.3 Å².